The molecule has 3 N–H and O–H groups in total. The van der Waals surface area contributed by atoms with Crippen LogP contribution in [0.1, 0.15) is 11.4 Å². The fourth-order valence-electron chi connectivity index (χ4n) is 1.77. The predicted molar refractivity (Wildman–Crippen MR) is 76.1 cm³/mol. The molecule has 0 aliphatic rings. The second kappa shape index (κ2) is 6.48. The lowest BCUT2D eigenvalue weighted by atomic mass is 10.1. The number of nitro benzene ring substituents is 1. The molecule has 1 aromatic heterocycles. The van der Waals surface area contributed by atoms with Gasteiger partial charge >= 0.3 is 11.7 Å². The Kier molecular flexibility index (Phi) is 4.47. The van der Waals surface area contributed by atoms with Crippen LogP contribution in [0.4, 0.5) is 5.69 Å². The lowest BCUT2D eigenvalue weighted by Crippen LogP contribution is -2.21. The van der Waals surface area contributed by atoms with E-state index in [-0.39, 0.29) is 12.0 Å². The maximum atomic E-state index is 11.2. The summed E-state index contributed by atoms with van der Waals surface area (Å²) < 4.78 is 0. The first kappa shape index (κ1) is 15.2. The van der Waals surface area contributed by atoms with E-state index in [0.717, 1.165) is 12.3 Å². The average molecular weight is 304 g/mol. The van der Waals surface area contributed by atoms with Gasteiger partial charge in [-0.15, -0.1) is 0 Å². The van der Waals surface area contributed by atoms with Gasteiger partial charge in [-0.2, -0.15) is 0 Å². The summed E-state index contributed by atoms with van der Waals surface area (Å²) in [5.41, 5.74) is -0.401. The number of aliphatic carboxylic acids is 1. The van der Waals surface area contributed by atoms with Gasteiger partial charge < -0.3 is 15.2 Å². The number of aromatic nitrogens is 2. The standard InChI is InChI=1S/C13H12N4O5/c18-12-8(2-1-3-10(12)17(21)22)7-16-9(13(19)20)6-11-14-4-5-15-11/h1-5,7,9,18H,6H2,(H,14,15)(H,19,20)/t9-/m0/s1. The van der Waals surface area contributed by atoms with Gasteiger partial charge in [-0.05, 0) is 6.07 Å². The number of imidazole rings is 1. The Morgan fingerprint density at radius 1 is 1.55 bits per heavy atom. The number of phenolic OH excluding ortho intramolecular Hbond substituents is 1. The van der Waals surface area contributed by atoms with Gasteiger partial charge in [0, 0.05) is 36.7 Å². The number of H-pyrrole nitrogens is 1. The molecule has 2 aromatic rings. The van der Waals surface area contributed by atoms with Gasteiger partial charge in [0.2, 0.25) is 5.75 Å². The second-order valence-electron chi connectivity index (χ2n) is 4.34. The smallest absolute Gasteiger partial charge is 0.328 e. The molecule has 1 atom stereocenters. The number of para-hydroxylation sites is 1. The number of carboxylic acids is 1. The highest BCUT2D eigenvalue weighted by Crippen LogP contribution is 2.28. The van der Waals surface area contributed by atoms with Crippen LogP contribution >= 0.6 is 0 Å². The van der Waals surface area contributed by atoms with Gasteiger partial charge in [-0.3, -0.25) is 15.1 Å². The number of aliphatic imine (C=N–C) groups is 1. The molecule has 0 radical (unpaired) electrons. The summed E-state index contributed by atoms with van der Waals surface area (Å²) >= 11 is 0. The molecule has 0 saturated carbocycles. The SMILES string of the molecule is O=C(O)[C@H](Cc1ncc[nH]1)N=Cc1cccc([N+](=O)[O-])c1O. The van der Waals surface area contributed by atoms with Crippen LogP contribution in [0.3, 0.4) is 0 Å². The predicted octanol–water partition coefficient (Wildman–Crippen LogP) is 1.14. The number of nitrogens with zero attached hydrogens (tertiary/aromatic N) is 3. The van der Waals surface area contributed by atoms with Crippen LogP contribution in [0.2, 0.25) is 0 Å². The normalized spacial score (nSPS) is 12.4. The highest BCUT2D eigenvalue weighted by atomic mass is 16.6. The van der Waals surface area contributed by atoms with E-state index < -0.39 is 28.4 Å². The summed E-state index contributed by atoms with van der Waals surface area (Å²) in [6.07, 6.45) is 4.19. The quantitative estimate of drug-likeness (QED) is 0.415. The van der Waals surface area contributed by atoms with Gasteiger partial charge in [0.1, 0.15) is 5.82 Å². The summed E-state index contributed by atoms with van der Waals surface area (Å²) in [6.45, 7) is 0. The number of aromatic amines is 1. The zero-order valence-corrected chi connectivity index (χ0v) is 11.2. The number of carbonyl (C=O) groups is 1. The number of nitro groups is 1. The summed E-state index contributed by atoms with van der Waals surface area (Å²) in [6, 6.07) is 2.80. The average Bonchev–Trinajstić information content (AvgIpc) is 2.97. The molecular formula is C13H12N4O5. The third-order valence-corrected chi connectivity index (χ3v) is 2.86. The number of carboxylic acid groups (broad SMARTS) is 1. The third-order valence-electron chi connectivity index (χ3n) is 2.86. The molecule has 22 heavy (non-hydrogen) atoms. The Labute approximate surface area is 124 Å². The zero-order chi connectivity index (χ0) is 16.1. The van der Waals surface area contributed by atoms with Gasteiger partial charge in [0.05, 0.1) is 4.92 Å². The minimum atomic E-state index is -1.17. The highest BCUT2D eigenvalue weighted by molar-refractivity contribution is 5.87. The zero-order valence-electron chi connectivity index (χ0n) is 11.2. The van der Waals surface area contributed by atoms with E-state index in [1.54, 1.807) is 6.20 Å². The van der Waals surface area contributed by atoms with Crippen molar-refractivity contribution in [2.75, 3.05) is 0 Å². The van der Waals surface area contributed by atoms with E-state index in [4.69, 9.17) is 5.11 Å². The fourth-order valence-corrected chi connectivity index (χ4v) is 1.77. The summed E-state index contributed by atoms with van der Waals surface area (Å²) in [5.74, 6) is -1.27. The first-order valence-electron chi connectivity index (χ1n) is 6.19. The van der Waals surface area contributed by atoms with E-state index in [9.17, 15) is 20.0 Å². The van der Waals surface area contributed by atoms with Crippen molar-refractivity contribution in [1.82, 2.24) is 9.97 Å². The van der Waals surface area contributed by atoms with E-state index in [1.165, 1.54) is 18.3 Å². The molecule has 9 heteroatoms. The fraction of sp³-hybridized carbons (Fsp3) is 0.154. The van der Waals surface area contributed by atoms with E-state index in [0.29, 0.717) is 5.82 Å². The van der Waals surface area contributed by atoms with Crippen molar-refractivity contribution in [3.05, 3.63) is 52.1 Å². The number of aromatic hydroxyl groups is 1. The maximum Gasteiger partial charge on any atom is 0.328 e. The minimum Gasteiger partial charge on any atom is -0.502 e. The largest absolute Gasteiger partial charge is 0.502 e. The van der Waals surface area contributed by atoms with Crippen molar-refractivity contribution in [2.45, 2.75) is 12.5 Å². The van der Waals surface area contributed by atoms with Crippen molar-refractivity contribution in [1.29, 1.82) is 0 Å². The van der Waals surface area contributed by atoms with Crippen molar-refractivity contribution in [3.8, 4) is 5.75 Å². The molecule has 0 fully saturated rings. The van der Waals surface area contributed by atoms with Crippen molar-refractivity contribution in [3.63, 3.8) is 0 Å². The van der Waals surface area contributed by atoms with Crippen LogP contribution < -0.4 is 0 Å². The molecule has 0 saturated heterocycles. The van der Waals surface area contributed by atoms with E-state index >= 15 is 0 Å². The molecule has 0 aliphatic heterocycles. The Morgan fingerprint density at radius 3 is 2.91 bits per heavy atom. The lowest BCUT2D eigenvalue weighted by molar-refractivity contribution is -0.385. The maximum absolute atomic E-state index is 11.2. The minimum absolute atomic E-state index is 0.0362. The number of benzene rings is 1. The molecule has 1 aromatic carbocycles. The van der Waals surface area contributed by atoms with E-state index in [1.807, 2.05) is 0 Å². The van der Waals surface area contributed by atoms with Crippen molar-refractivity contribution in [2.24, 2.45) is 4.99 Å². The number of phenols is 1. The van der Waals surface area contributed by atoms with Crippen LogP contribution in [-0.4, -0.2) is 43.3 Å². The van der Waals surface area contributed by atoms with E-state index in [2.05, 4.69) is 15.0 Å². The third kappa shape index (κ3) is 3.45. The number of hydrogen-bond acceptors (Lipinski definition) is 6. The molecule has 0 unspecified atom stereocenters. The van der Waals surface area contributed by atoms with Gasteiger partial charge in [0.25, 0.3) is 0 Å². The van der Waals surface area contributed by atoms with Crippen molar-refractivity contribution >= 4 is 17.9 Å². The van der Waals surface area contributed by atoms with Gasteiger partial charge in [-0.25, -0.2) is 9.78 Å². The van der Waals surface area contributed by atoms with Gasteiger partial charge in [0.15, 0.2) is 6.04 Å². The first-order chi connectivity index (χ1) is 10.5. The van der Waals surface area contributed by atoms with Crippen LogP contribution in [0, 0.1) is 10.1 Å². The molecule has 0 bridgehead atoms. The number of hydrogen-bond donors (Lipinski definition) is 3. The topological polar surface area (TPSA) is 142 Å². The molecule has 0 spiro atoms. The summed E-state index contributed by atoms with van der Waals surface area (Å²) in [5, 5.41) is 29.6. The molecule has 2 rings (SSSR count). The van der Waals surface area contributed by atoms with Crippen molar-refractivity contribution < 1.29 is 19.9 Å². The second-order valence-corrected chi connectivity index (χ2v) is 4.34. The highest BCUT2D eigenvalue weighted by Gasteiger charge is 2.19. The Morgan fingerprint density at radius 2 is 2.32 bits per heavy atom. The summed E-state index contributed by atoms with van der Waals surface area (Å²) in [7, 11) is 0. The Bertz CT molecular complexity index is 711. The number of rotatable bonds is 6. The lowest BCUT2D eigenvalue weighted by Gasteiger charge is -2.05. The number of nitrogens with one attached hydrogen (secondary N) is 1. The molecule has 0 aliphatic carbocycles. The van der Waals surface area contributed by atoms with Gasteiger partial charge in [-0.1, -0.05) is 6.07 Å². The monoisotopic (exact) mass is 304 g/mol. The first-order valence-corrected chi connectivity index (χ1v) is 6.19. The molecule has 114 valence electrons. The Balaban J connectivity index is 2.23. The van der Waals surface area contributed by atoms with Crippen LogP contribution in [-0.2, 0) is 11.2 Å². The van der Waals surface area contributed by atoms with Crippen LogP contribution in [0.5, 0.6) is 5.75 Å². The molecule has 1 heterocycles. The van der Waals surface area contributed by atoms with Crippen LogP contribution in [0.15, 0.2) is 35.6 Å². The molecule has 0 amide bonds. The summed E-state index contributed by atoms with van der Waals surface area (Å²) in [4.78, 5) is 31.7. The van der Waals surface area contributed by atoms with Crippen LogP contribution in [0.25, 0.3) is 0 Å². The molecular weight excluding hydrogens is 292 g/mol. The molecule has 9 nitrogen and oxygen atoms in total. The Hall–Kier alpha value is -3.23.